The summed E-state index contributed by atoms with van der Waals surface area (Å²) in [7, 11) is 0. The highest BCUT2D eigenvalue weighted by Gasteiger charge is 2.17. The third-order valence-electron chi connectivity index (χ3n) is 4.45. The molecule has 2 aromatic rings. The number of benzene rings is 2. The Balaban J connectivity index is 1.37. The van der Waals surface area contributed by atoms with Crippen LogP contribution >= 0.6 is 11.6 Å². The molecule has 0 saturated carbocycles. The van der Waals surface area contributed by atoms with Crippen LogP contribution in [0.2, 0.25) is 5.02 Å². The summed E-state index contributed by atoms with van der Waals surface area (Å²) < 4.78 is 0. The van der Waals surface area contributed by atoms with E-state index in [4.69, 9.17) is 11.6 Å². The van der Waals surface area contributed by atoms with Gasteiger partial charge in [-0.3, -0.25) is 9.69 Å². The first-order valence-corrected chi connectivity index (χ1v) is 9.19. The summed E-state index contributed by atoms with van der Waals surface area (Å²) in [4.78, 5) is 16.6. The summed E-state index contributed by atoms with van der Waals surface area (Å²) in [5.41, 5.74) is 4.61. The van der Waals surface area contributed by atoms with Gasteiger partial charge in [0.05, 0.1) is 6.21 Å². The van der Waals surface area contributed by atoms with Gasteiger partial charge in [-0.1, -0.05) is 48.0 Å². The Labute approximate surface area is 159 Å². The molecule has 0 spiro atoms. The van der Waals surface area contributed by atoms with Crippen molar-refractivity contribution >= 4 is 29.4 Å². The van der Waals surface area contributed by atoms with E-state index in [0.717, 1.165) is 38.3 Å². The number of rotatable bonds is 6. The number of hydrazone groups is 1. The molecule has 6 heteroatoms. The normalized spacial score (nSPS) is 15.3. The smallest absolute Gasteiger partial charge is 0.241 e. The Hall–Kier alpha value is -2.37. The van der Waals surface area contributed by atoms with Crippen LogP contribution in [0.1, 0.15) is 12.0 Å². The van der Waals surface area contributed by atoms with Crippen LogP contribution in [0.3, 0.4) is 0 Å². The van der Waals surface area contributed by atoms with Crippen LogP contribution in [0.4, 0.5) is 5.69 Å². The average molecular weight is 371 g/mol. The van der Waals surface area contributed by atoms with Crippen molar-refractivity contribution in [2.24, 2.45) is 5.10 Å². The van der Waals surface area contributed by atoms with Crippen LogP contribution in [0.5, 0.6) is 0 Å². The number of carbonyl (C=O) groups excluding carboxylic acids is 1. The molecule has 3 rings (SSSR count). The van der Waals surface area contributed by atoms with Gasteiger partial charge in [0.2, 0.25) is 5.91 Å². The predicted octanol–water partition coefficient (Wildman–Crippen LogP) is 3.00. The number of para-hydroxylation sites is 1. The van der Waals surface area contributed by atoms with Crippen molar-refractivity contribution in [3.8, 4) is 0 Å². The first-order chi connectivity index (χ1) is 12.7. The number of piperazine rings is 1. The largest absolute Gasteiger partial charge is 0.369 e. The van der Waals surface area contributed by atoms with E-state index >= 15 is 0 Å². The zero-order chi connectivity index (χ0) is 18.2. The van der Waals surface area contributed by atoms with Gasteiger partial charge in [0.15, 0.2) is 0 Å². The van der Waals surface area contributed by atoms with E-state index in [0.29, 0.717) is 11.4 Å². The van der Waals surface area contributed by atoms with Gasteiger partial charge < -0.3 is 4.90 Å². The number of carbonyl (C=O) groups is 1. The van der Waals surface area contributed by atoms with Crippen molar-refractivity contribution in [1.82, 2.24) is 10.3 Å². The maximum absolute atomic E-state index is 12.0. The number of nitrogens with one attached hydrogen (secondary N) is 1. The lowest BCUT2D eigenvalue weighted by molar-refractivity contribution is -0.121. The molecule has 0 aliphatic carbocycles. The lowest BCUT2D eigenvalue weighted by Crippen LogP contribution is -2.47. The van der Waals surface area contributed by atoms with Gasteiger partial charge in [-0.15, -0.1) is 0 Å². The van der Waals surface area contributed by atoms with E-state index < -0.39 is 0 Å². The molecule has 5 nitrogen and oxygen atoms in total. The van der Waals surface area contributed by atoms with Crippen LogP contribution in [0, 0.1) is 0 Å². The maximum atomic E-state index is 12.0. The van der Waals surface area contributed by atoms with Crippen LogP contribution in [-0.4, -0.2) is 49.7 Å². The van der Waals surface area contributed by atoms with Gasteiger partial charge in [-0.2, -0.15) is 5.10 Å². The van der Waals surface area contributed by atoms with E-state index in [1.54, 1.807) is 12.3 Å². The summed E-state index contributed by atoms with van der Waals surface area (Å²) in [6.07, 6.45) is 2.00. The predicted molar refractivity (Wildman–Crippen MR) is 107 cm³/mol. The molecule has 1 N–H and O–H groups in total. The Morgan fingerprint density at radius 2 is 1.73 bits per heavy atom. The highest BCUT2D eigenvalue weighted by atomic mass is 35.5. The van der Waals surface area contributed by atoms with Gasteiger partial charge in [0, 0.05) is 55.4 Å². The van der Waals surface area contributed by atoms with E-state index in [1.807, 2.05) is 24.3 Å². The minimum atomic E-state index is -0.0845. The summed E-state index contributed by atoms with van der Waals surface area (Å²) in [6.45, 7) is 4.64. The fourth-order valence-corrected chi connectivity index (χ4v) is 3.12. The summed E-state index contributed by atoms with van der Waals surface area (Å²) in [6, 6.07) is 17.8. The average Bonchev–Trinajstić information content (AvgIpc) is 2.69. The number of nitrogens with zero attached hydrogens (tertiary/aromatic N) is 3. The zero-order valence-electron chi connectivity index (χ0n) is 14.6. The Morgan fingerprint density at radius 3 is 2.46 bits per heavy atom. The van der Waals surface area contributed by atoms with Gasteiger partial charge in [0.1, 0.15) is 0 Å². The van der Waals surface area contributed by atoms with Crippen molar-refractivity contribution < 1.29 is 4.79 Å². The fraction of sp³-hybridized carbons (Fsp3) is 0.300. The molecule has 0 radical (unpaired) electrons. The molecule has 136 valence electrons. The molecule has 1 saturated heterocycles. The SMILES string of the molecule is O=C(CCN1CCN(c2ccccc2)CC1)N/N=C\c1ccccc1Cl. The van der Waals surface area contributed by atoms with Crippen LogP contribution < -0.4 is 10.3 Å². The molecule has 1 fully saturated rings. The first-order valence-electron chi connectivity index (χ1n) is 8.81. The lowest BCUT2D eigenvalue weighted by atomic mass is 10.2. The van der Waals surface area contributed by atoms with Crippen molar-refractivity contribution in [1.29, 1.82) is 0 Å². The molecule has 1 aliphatic rings. The molecular formula is C20H23ClN4O. The summed E-state index contributed by atoms with van der Waals surface area (Å²) in [5, 5.41) is 4.59. The maximum Gasteiger partial charge on any atom is 0.241 e. The van der Waals surface area contributed by atoms with E-state index in [9.17, 15) is 4.79 Å². The summed E-state index contributed by atoms with van der Waals surface area (Å²) in [5.74, 6) is -0.0845. The molecule has 0 aromatic heterocycles. The monoisotopic (exact) mass is 370 g/mol. The van der Waals surface area contributed by atoms with Gasteiger partial charge in [-0.05, 0) is 18.2 Å². The van der Waals surface area contributed by atoms with E-state index in [1.165, 1.54) is 5.69 Å². The molecular weight excluding hydrogens is 348 g/mol. The van der Waals surface area contributed by atoms with Crippen molar-refractivity contribution in [3.63, 3.8) is 0 Å². The topological polar surface area (TPSA) is 47.9 Å². The summed E-state index contributed by atoms with van der Waals surface area (Å²) >= 11 is 6.04. The molecule has 0 atom stereocenters. The molecule has 1 amide bonds. The lowest BCUT2D eigenvalue weighted by Gasteiger charge is -2.36. The fourth-order valence-electron chi connectivity index (χ4n) is 2.94. The van der Waals surface area contributed by atoms with Gasteiger partial charge in [0.25, 0.3) is 0 Å². The number of anilines is 1. The standard InChI is InChI=1S/C20H23ClN4O/c21-19-9-5-4-6-17(19)16-22-23-20(26)10-11-24-12-14-25(15-13-24)18-7-2-1-3-8-18/h1-9,16H,10-15H2,(H,23,26)/b22-16-. The van der Waals surface area contributed by atoms with Crippen molar-refractivity contribution in [3.05, 3.63) is 65.2 Å². The highest BCUT2D eigenvalue weighted by Crippen LogP contribution is 2.15. The highest BCUT2D eigenvalue weighted by molar-refractivity contribution is 6.33. The van der Waals surface area contributed by atoms with Crippen LogP contribution in [0.25, 0.3) is 0 Å². The minimum Gasteiger partial charge on any atom is -0.369 e. The zero-order valence-corrected chi connectivity index (χ0v) is 15.4. The third-order valence-corrected chi connectivity index (χ3v) is 4.79. The third kappa shape index (κ3) is 5.31. The Kier molecular flexibility index (Phi) is 6.63. The number of hydrogen-bond donors (Lipinski definition) is 1. The Morgan fingerprint density at radius 1 is 1.04 bits per heavy atom. The number of halogens is 1. The second-order valence-corrected chi connectivity index (χ2v) is 6.64. The van der Waals surface area contributed by atoms with Crippen LogP contribution in [0.15, 0.2) is 59.7 Å². The quantitative estimate of drug-likeness (QED) is 0.628. The first kappa shape index (κ1) is 18.4. The molecule has 26 heavy (non-hydrogen) atoms. The number of amides is 1. The van der Waals surface area contributed by atoms with Crippen molar-refractivity contribution in [2.45, 2.75) is 6.42 Å². The van der Waals surface area contributed by atoms with Crippen LogP contribution in [-0.2, 0) is 4.79 Å². The molecule has 0 unspecified atom stereocenters. The van der Waals surface area contributed by atoms with E-state index in [2.05, 4.69) is 44.6 Å². The molecule has 1 aliphatic heterocycles. The molecule has 2 aromatic carbocycles. The molecule has 1 heterocycles. The second kappa shape index (κ2) is 9.36. The van der Waals surface area contributed by atoms with E-state index in [-0.39, 0.29) is 5.91 Å². The Bertz CT molecular complexity index is 742. The van der Waals surface area contributed by atoms with Crippen molar-refractivity contribution in [2.75, 3.05) is 37.6 Å². The number of hydrogen-bond acceptors (Lipinski definition) is 4. The van der Waals surface area contributed by atoms with Gasteiger partial charge >= 0.3 is 0 Å². The second-order valence-electron chi connectivity index (χ2n) is 6.23. The minimum absolute atomic E-state index is 0.0845. The molecule has 0 bridgehead atoms. The van der Waals surface area contributed by atoms with Gasteiger partial charge in [-0.25, -0.2) is 5.43 Å².